The van der Waals surface area contributed by atoms with E-state index in [2.05, 4.69) is 9.98 Å². The SMILES string of the molecule is CC1=NC(=O)C(=O)C=N1. The van der Waals surface area contributed by atoms with Crippen LogP contribution in [0.1, 0.15) is 6.92 Å². The third-order valence-corrected chi connectivity index (χ3v) is 0.843. The quantitative estimate of drug-likeness (QED) is 0.412. The molecule has 46 valence electrons. The molecule has 0 aromatic rings. The average Bonchev–Trinajstić information content (AvgIpc) is 1.80. The second-order valence-electron chi connectivity index (χ2n) is 1.59. The molecule has 1 aliphatic rings. The van der Waals surface area contributed by atoms with Gasteiger partial charge in [0, 0.05) is 0 Å². The van der Waals surface area contributed by atoms with Crippen molar-refractivity contribution >= 4 is 23.7 Å². The van der Waals surface area contributed by atoms with Crippen molar-refractivity contribution in [2.45, 2.75) is 6.92 Å². The lowest BCUT2D eigenvalue weighted by molar-refractivity contribution is -0.131. The van der Waals surface area contributed by atoms with Crippen LogP contribution >= 0.6 is 0 Å². The summed E-state index contributed by atoms with van der Waals surface area (Å²) in [6, 6.07) is 0. The van der Waals surface area contributed by atoms with Crippen molar-refractivity contribution in [1.29, 1.82) is 0 Å². The van der Waals surface area contributed by atoms with Gasteiger partial charge in [0.25, 0.3) is 5.78 Å². The van der Waals surface area contributed by atoms with E-state index in [1.54, 1.807) is 6.92 Å². The van der Waals surface area contributed by atoms with Gasteiger partial charge in [-0.1, -0.05) is 0 Å². The first-order chi connectivity index (χ1) is 4.20. The predicted octanol–water partition coefficient (Wildman–Crippen LogP) is -0.415. The molecule has 1 amide bonds. The summed E-state index contributed by atoms with van der Waals surface area (Å²) in [7, 11) is 0. The normalized spacial score (nSPS) is 18.1. The lowest BCUT2D eigenvalue weighted by atomic mass is 10.4. The highest BCUT2D eigenvalue weighted by Gasteiger charge is 2.13. The first kappa shape index (κ1) is 5.81. The molecule has 0 saturated heterocycles. The fourth-order valence-corrected chi connectivity index (χ4v) is 0.438. The van der Waals surface area contributed by atoms with Crippen molar-refractivity contribution in [2.24, 2.45) is 9.98 Å². The van der Waals surface area contributed by atoms with Crippen LogP contribution in [0.5, 0.6) is 0 Å². The second-order valence-corrected chi connectivity index (χ2v) is 1.59. The summed E-state index contributed by atoms with van der Waals surface area (Å²) >= 11 is 0. The maximum Gasteiger partial charge on any atom is 0.320 e. The number of carbonyl (C=O) groups is 2. The number of ketones is 1. The molecule has 9 heavy (non-hydrogen) atoms. The second kappa shape index (κ2) is 1.89. The van der Waals surface area contributed by atoms with Gasteiger partial charge in [-0.05, 0) is 6.92 Å². The number of rotatable bonds is 0. The van der Waals surface area contributed by atoms with Crippen LogP contribution in [0, 0.1) is 0 Å². The molecule has 0 spiro atoms. The summed E-state index contributed by atoms with van der Waals surface area (Å²) in [6.07, 6.45) is 0.977. The highest BCUT2D eigenvalue weighted by Crippen LogP contribution is 1.88. The Balaban J connectivity index is 2.95. The van der Waals surface area contributed by atoms with Gasteiger partial charge in [0.15, 0.2) is 0 Å². The Morgan fingerprint density at radius 3 is 2.56 bits per heavy atom. The lowest BCUT2D eigenvalue weighted by Crippen LogP contribution is -2.18. The third-order valence-electron chi connectivity index (χ3n) is 0.843. The van der Waals surface area contributed by atoms with Crippen LogP contribution in [-0.4, -0.2) is 23.7 Å². The molecule has 0 bridgehead atoms. The molecular weight excluding hydrogens is 120 g/mol. The van der Waals surface area contributed by atoms with E-state index in [4.69, 9.17) is 0 Å². The zero-order chi connectivity index (χ0) is 6.85. The summed E-state index contributed by atoms with van der Waals surface area (Å²) in [4.78, 5) is 27.5. The molecule has 0 atom stereocenters. The monoisotopic (exact) mass is 124 g/mol. The van der Waals surface area contributed by atoms with Crippen molar-refractivity contribution in [3.63, 3.8) is 0 Å². The van der Waals surface area contributed by atoms with Gasteiger partial charge in [-0.15, -0.1) is 0 Å². The van der Waals surface area contributed by atoms with Gasteiger partial charge >= 0.3 is 5.91 Å². The van der Waals surface area contributed by atoms with E-state index >= 15 is 0 Å². The summed E-state index contributed by atoms with van der Waals surface area (Å²) in [5.41, 5.74) is 0. The van der Waals surface area contributed by atoms with Crippen molar-refractivity contribution in [3.8, 4) is 0 Å². The summed E-state index contributed by atoms with van der Waals surface area (Å²) in [5, 5.41) is 0. The van der Waals surface area contributed by atoms with Crippen LogP contribution in [0.25, 0.3) is 0 Å². The molecule has 1 rings (SSSR count). The molecule has 4 nitrogen and oxygen atoms in total. The van der Waals surface area contributed by atoms with Crippen LogP contribution in [0.3, 0.4) is 0 Å². The summed E-state index contributed by atoms with van der Waals surface area (Å²) in [6.45, 7) is 1.56. The number of carbonyl (C=O) groups excluding carboxylic acids is 2. The maximum atomic E-state index is 10.4. The molecule has 0 fully saturated rings. The minimum Gasteiger partial charge on any atom is -0.282 e. The van der Waals surface area contributed by atoms with E-state index in [9.17, 15) is 9.59 Å². The number of hydrogen-bond acceptors (Lipinski definition) is 3. The lowest BCUT2D eigenvalue weighted by Gasteiger charge is -1.94. The Hall–Kier alpha value is -1.32. The standard InChI is InChI=1S/C5H4N2O2/c1-3-6-2-4(8)5(9)7-3/h2H,1H3. The Labute approximate surface area is 51.3 Å². The molecule has 1 heterocycles. The molecule has 0 unspecified atom stereocenters. The average molecular weight is 124 g/mol. The van der Waals surface area contributed by atoms with Crippen molar-refractivity contribution in [3.05, 3.63) is 0 Å². The Bertz CT molecular complexity index is 227. The van der Waals surface area contributed by atoms with Crippen LogP contribution in [0.2, 0.25) is 0 Å². The van der Waals surface area contributed by atoms with E-state index in [1.165, 1.54) is 0 Å². The fraction of sp³-hybridized carbons (Fsp3) is 0.200. The minimum atomic E-state index is -0.734. The van der Waals surface area contributed by atoms with Crippen LogP contribution in [-0.2, 0) is 9.59 Å². The molecular formula is C5H4N2O2. The Morgan fingerprint density at radius 1 is 1.44 bits per heavy atom. The van der Waals surface area contributed by atoms with Crippen LogP contribution < -0.4 is 0 Å². The number of hydrogen-bond donors (Lipinski definition) is 0. The van der Waals surface area contributed by atoms with E-state index in [0.29, 0.717) is 5.84 Å². The predicted molar refractivity (Wildman–Crippen MR) is 31.6 cm³/mol. The highest BCUT2D eigenvalue weighted by molar-refractivity contribution is 6.61. The van der Waals surface area contributed by atoms with E-state index in [0.717, 1.165) is 6.21 Å². The van der Waals surface area contributed by atoms with E-state index < -0.39 is 11.7 Å². The van der Waals surface area contributed by atoms with Gasteiger partial charge in [-0.3, -0.25) is 9.59 Å². The molecule has 0 saturated carbocycles. The van der Waals surface area contributed by atoms with Gasteiger partial charge in [0.2, 0.25) is 0 Å². The van der Waals surface area contributed by atoms with Crippen LogP contribution in [0.15, 0.2) is 9.98 Å². The zero-order valence-corrected chi connectivity index (χ0v) is 4.79. The molecule has 0 N–H and O–H groups in total. The molecule has 0 radical (unpaired) electrons. The third kappa shape index (κ3) is 1.07. The van der Waals surface area contributed by atoms with Crippen molar-refractivity contribution in [2.75, 3.05) is 0 Å². The molecule has 1 aliphatic heterocycles. The summed E-state index contributed by atoms with van der Waals surface area (Å²) < 4.78 is 0. The topological polar surface area (TPSA) is 58.9 Å². The number of amidine groups is 1. The Morgan fingerprint density at radius 2 is 2.11 bits per heavy atom. The number of Topliss-reactive ketones (excluding diaryl/α,β-unsaturated/α-hetero) is 1. The van der Waals surface area contributed by atoms with Crippen molar-refractivity contribution < 1.29 is 9.59 Å². The zero-order valence-electron chi connectivity index (χ0n) is 4.79. The van der Waals surface area contributed by atoms with Gasteiger partial charge in [-0.25, -0.2) is 4.99 Å². The molecule has 0 aromatic heterocycles. The largest absolute Gasteiger partial charge is 0.320 e. The number of aliphatic imine (C=N–C) groups is 2. The number of amides is 1. The van der Waals surface area contributed by atoms with Crippen molar-refractivity contribution in [1.82, 2.24) is 0 Å². The van der Waals surface area contributed by atoms with Gasteiger partial charge < -0.3 is 0 Å². The maximum absolute atomic E-state index is 10.4. The first-order valence-electron chi connectivity index (χ1n) is 2.38. The summed E-state index contributed by atoms with van der Waals surface area (Å²) in [5.74, 6) is -1.05. The van der Waals surface area contributed by atoms with Gasteiger partial charge in [0.1, 0.15) is 5.84 Å². The van der Waals surface area contributed by atoms with E-state index in [1.807, 2.05) is 0 Å². The van der Waals surface area contributed by atoms with Gasteiger partial charge in [-0.2, -0.15) is 4.99 Å². The highest BCUT2D eigenvalue weighted by atomic mass is 16.2. The number of nitrogens with zero attached hydrogens (tertiary/aromatic N) is 2. The smallest absolute Gasteiger partial charge is 0.282 e. The first-order valence-corrected chi connectivity index (χ1v) is 2.38. The fourth-order valence-electron chi connectivity index (χ4n) is 0.438. The minimum absolute atomic E-state index is 0.333. The molecule has 0 aliphatic carbocycles. The molecule has 4 heteroatoms. The molecule has 0 aromatic carbocycles. The Kier molecular flexibility index (Phi) is 1.22. The van der Waals surface area contributed by atoms with Gasteiger partial charge in [0.05, 0.1) is 6.21 Å². The van der Waals surface area contributed by atoms with Crippen LogP contribution in [0.4, 0.5) is 0 Å². The van der Waals surface area contributed by atoms with E-state index in [-0.39, 0.29) is 0 Å².